The predicted octanol–water partition coefficient (Wildman–Crippen LogP) is -0.0633. The molecule has 0 spiro atoms. The van der Waals surface area contributed by atoms with Crippen molar-refractivity contribution in [2.24, 2.45) is 5.92 Å². The SMILES string of the molecule is C=CCNC(=O)[C@H](C)N[C@@H]1CCN(S(C)(=O)=O)C[C@H]1C. The summed E-state index contributed by atoms with van der Waals surface area (Å²) in [5.74, 6) is 0.107. The van der Waals surface area contributed by atoms with Crippen molar-refractivity contribution in [1.82, 2.24) is 14.9 Å². The van der Waals surface area contributed by atoms with E-state index in [-0.39, 0.29) is 23.9 Å². The van der Waals surface area contributed by atoms with Crippen molar-refractivity contribution in [3.8, 4) is 0 Å². The molecule has 0 radical (unpaired) electrons. The van der Waals surface area contributed by atoms with E-state index in [1.54, 1.807) is 6.08 Å². The summed E-state index contributed by atoms with van der Waals surface area (Å²) in [4.78, 5) is 11.8. The quantitative estimate of drug-likeness (QED) is 0.674. The van der Waals surface area contributed by atoms with Crippen molar-refractivity contribution in [1.29, 1.82) is 0 Å². The Hall–Kier alpha value is -0.920. The Kier molecular flexibility index (Phi) is 6.16. The fraction of sp³-hybridized carbons (Fsp3) is 0.769. The molecule has 6 nitrogen and oxygen atoms in total. The van der Waals surface area contributed by atoms with Crippen LogP contribution in [0, 0.1) is 5.92 Å². The highest BCUT2D eigenvalue weighted by molar-refractivity contribution is 7.88. The van der Waals surface area contributed by atoms with Crippen molar-refractivity contribution in [2.75, 3.05) is 25.9 Å². The Bertz CT molecular complexity index is 450. The van der Waals surface area contributed by atoms with Crippen molar-refractivity contribution in [2.45, 2.75) is 32.4 Å². The number of nitrogens with one attached hydrogen (secondary N) is 2. The average Bonchev–Trinajstić information content (AvgIpc) is 2.36. The van der Waals surface area contributed by atoms with Gasteiger partial charge in [0.25, 0.3) is 0 Å². The molecule has 0 aromatic carbocycles. The first-order valence-corrected chi connectivity index (χ1v) is 8.70. The van der Waals surface area contributed by atoms with Gasteiger partial charge in [-0.2, -0.15) is 0 Å². The van der Waals surface area contributed by atoms with E-state index < -0.39 is 10.0 Å². The predicted molar refractivity (Wildman–Crippen MR) is 79.8 cm³/mol. The van der Waals surface area contributed by atoms with Crippen LogP contribution in [0.15, 0.2) is 12.7 Å². The van der Waals surface area contributed by atoms with Crippen molar-refractivity contribution in [3.05, 3.63) is 12.7 Å². The van der Waals surface area contributed by atoms with E-state index in [4.69, 9.17) is 0 Å². The van der Waals surface area contributed by atoms with Crippen LogP contribution in [-0.2, 0) is 14.8 Å². The van der Waals surface area contributed by atoms with Gasteiger partial charge in [0, 0.05) is 25.7 Å². The second kappa shape index (κ2) is 7.19. The van der Waals surface area contributed by atoms with Gasteiger partial charge < -0.3 is 10.6 Å². The Labute approximate surface area is 121 Å². The first-order chi connectivity index (χ1) is 9.25. The fourth-order valence-corrected chi connectivity index (χ4v) is 3.32. The second-order valence-corrected chi connectivity index (χ2v) is 7.40. The summed E-state index contributed by atoms with van der Waals surface area (Å²) in [6, 6.07) is -0.148. The summed E-state index contributed by atoms with van der Waals surface area (Å²) < 4.78 is 24.5. The van der Waals surface area contributed by atoms with Gasteiger partial charge in [-0.15, -0.1) is 6.58 Å². The number of hydrogen-bond acceptors (Lipinski definition) is 4. The van der Waals surface area contributed by atoms with Crippen LogP contribution >= 0.6 is 0 Å². The second-order valence-electron chi connectivity index (χ2n) is 5.42. The lowest BCUT2D eigenvalue weighted by atomic mass is 9.94. The molecule has 1 saturated heterocycles. The number of sulfonamides is 1. The summed E-state index contributed by atoms with van der Waals surface area (Å²) in [5, 5.41) is 6.03. The highest BCUT2D eigenvalue weighted by atomic mass is 32.2. The molecule has 1 amide bonds. The van der Waals surface area contributed by atoms with Crippen LogP contribution in [0.4, 0.5) is 0 Å². The minimum atomic E-state index is -3.12. The molecule has 1 aliphatic rings. The van der Waals surface area contributed by atoms with E-state index >= 15 is 0 Å². The van der Waals surface area contributed by atoms with Crippen LogP contribution < -0.4 is 10.6 Å². The van der Waals surface area contributed by atoms with Gasteiger partial charge in [-0.05, 0) is 19.3 Å². The largest absolute Gasteiger partial charge is 0.351 e. The Balaban J connectivity index is 2.50. The molecule has 2 N–H and O–H groups in total. The van der Waals surface area contributed by atoms with Crippen LogP contribution in [0.3, 0.4) is 0 Å². The monoisotopic (exact) mass is 303 g/mol. The van der Waals surface area contributed by atoms with E-state index in [1.165, 1.54) is 10.6 Å². The van der Waals surface area contributed by atoms with Crippen LogP contribution in [0.25, 0.3) is 0 Å². The summed E-state index contributed by atoms with van der Waals surface area (Å²) >= 11 is 0. The Morgan fingerprint density at radius 2 is 2.20 bits per heavy atom. The molecule has 0 aromatic rings. The first-order valence-electron chi connectivity index (χ1n) is 6.85. The van der Waals surface area contributed by atoms with Crippen LogP contribution in [0.2, 0.25) is 0 Å². The average molecular weight is 303 g/mol. The Morgan fingerprint density at radius 3 is 2.70 bits per heavy atom. The zero-order valence-corrected chi connectivity index (χ0v) is 13.2. The van der Waals surface area contributed by atoms with Gasteiger partial charge in [0.05, 0.1) is 12.3 Å². The van der Waals surface area contributed by atoms with Crippen LogP contribution in [0.5, 0.6) is 0 Å². The van der Waals surface area contributed by atoms with E-state index in [0.717, 1.165) is 0 Å². The van der Waals surface area contributed by atoms with Gasteiger partial charge in [0.15, 0.2) is 0 Å². The number of rotatable bonds is 6. The molecule has 3 atom stereocenters. The zero-order chi connectivity index (χ0) is 15.3. The van der Waals surface area contributed by atoms with Gasteiger partial charge >= 0.3 is 0 Å². The maximum absolute atomic E-state index is 11.8. The maximum Gasteiger partial charge on any atom is 0.237 e. The summed E-state index contributed by atoms with van der Waals surface area (Å²) in [6.45, 7) is 8.82. The van der Waals surface area contributed by atoms with Gasteiger partial charge in [-0.25, -0.2) is 12.7 Å². The number of carbonyl (C=O) groups is 1. The molecule has 0 unspecified atom stereocenters. The van der Waals surface area contributed by atoms with Crippen molar-refractivity contribution in [3.63, 3.8) is 0 Å². The van der Waals surface area contributed by atoms with Gasteiger partial charge in [-0.1, -0.05) is 13.0 Å². The molecule has 0 aromatic heterocycles. The Morgan fingerprint density at radius 1 is 1.55 bits per heavy atom. The fourth-order valence-electron chi connectivity index (χ4n) is 2.38. The summed E-state index contributed by atoms with van der Waals surface area (Å²) in [7, 11) is -3.12. The molecule has 7 heteroatoms. The third-order valence-electron chi connectivity index (χ3n) is 3.62. The number of piperidine rings is 1. The molecule has 20 heavy (non-hydrogen) atoms. The smallest absolute Gasteiger partial charge is 0.237 e. The molecule has 1 aliphatic heterocycles. The van der Waals surface area contributed by atoms with Gasteiger partial charge in [-0.3, -0.25) is 4.79 Å². The van der Waals surface area contributed by atoms with Gasteiger partial charge in [0.1, 0.15) is 0 Å². The molecular weight excluding hydrogens is 278 g/mol. The third-order valence-corrected chi connectivity index (χ3v) is 4.88. The molecule has 0 bridgehead atoms. The van der Waals surface area contributed by atoms with Crippen molar-refractivity contribution >= 4 is 15.9 Å². The molecule has 0 aliphatic carbocycles. The molecule has 1 heterocycles. The number of hydrogen-bond donors (Lipinski definition) is 2. The van der Waals surface area contributed by atoms with E-state index in [0.29, 0.717) is 26.1 Å². The maximum atomic E-state index is 11.8. The number of nitrogens with zero attached hydrogens (tertiary/aromatic N) is 1. The standard InChI is InChI=1S/C13H25N3O3S/c1-5-7-14-13(17)11(3)15-12-6-8-16(9-10(12)2)20(4,18)19/h5,10-12,15H,1,6-9H2,2-4H3,(H,14,17)/t10-,11+,12-/m1/s1. The lowest BCUT2D eigenvalue weighted by molar-refractivity contribution is -0.122. The minimum Gasteiger partial charge on any atom is -0.351 e. The normalized spacial score (nSPS) is 25.9. The topological polar surface area (TPSA) is 78.5 Å². The van der Waals surface area contributed by atoms with Gasteiger partial charge in [0.2, 0.25) is 15.9 Å². The highest BCUT2D eigenvalue weighted by Crippen LogP contribution is 2.19. The van der Waals surface area contributed by atoms with Crippen molar-refractivity contribution < 1.29 is 13.2 Å². The lowest BCUT2D eigenvalue weighted by Crippen LogP contribution is -2.54. The molecule has 116 valence electrons. The summed E-state index contributed by atoms with van der Waals surface area (Å²) in [6.07, 6.45) is 3.59. The molecule has 1 fully saturated rings. The zero-order valence-electron chi connectivity index (χ0n) is 12.4. The minimum absolute atomic E-state index is 0.0670. The highest BCUT2D eigenvalue weighted by Gasteiger charge is 2.31. The van der Waals surface area contributed by atoms with E-state index in [9.17, 15) is 13.2 Å². The number of amides is 1. The van der Waals surface area contributed by atoms with Crippen LogP contribution in [-0.4, -0.2) is 56.6 Å². The van der Waals surface area contributed by atoms with E-state index in [2.05, 4.69) is 17.2 Å². The van der Waals surface area contributed by atoms with E-state index in [1.807, 2.05) is 13.8 Å². The van der Waals surface area contributed by atoms with Crippen LogP contribution in [0.1, 0.15) is 20.3 Å². The lowest BCUT2D eigenvalue weighted by Gasteiger charge is -2.37. The summed E-state index contributed by atoms with van der Waals surface area (Å²) in [5.41, 5.74) is 0. The molecular formula is C13H25N3O3S. The number of carbonyl (C=O) groups excluding carboxylic acids is 1. The molecule has 1 rings (SSSR count). The third kappa shape index (κ3) is 4.88. The first kappa shape index (κ1) is 17.1. The molecule has 0 saturated carbocycles.